The Labute approximate surface area is 234 Å². The lowest BCUT2D eigenvalue weighted by atomic mass is 10.1. The van der Waals surface area contributed by atoms with Crippen molar-refractivity contribution in [3.05, 3.63) is 98.8 Å². The van der Waals surface area contributed by atoms with Crippen LogP contribution in [-0.4, -0.2) is 56.2 Å². The molecule has 0 bridgehead atoms. The molecule has 0 radical (unpaired) electrons. The number of nitrogens with zero attached hydrogens (tertiary/aromatic N) is 6. The highest BCUT2D eigenvalue weighted by Crippen LogP contribution is 2.25. The van der Waals surface area contributed by atoms with E-state index in [9.17, 15) is 14.0 Å². The second kappa shape index (κ2) is 10.3. The zero-order valence-electron chi connectivity index (χ0n) is 22.6. The number of rotatable bonds is 5. The van der Waals surface area contributed by atoms with Gasteiger partial charge in [0.2, 0.25) is 5.91 Å². The van der Waals surface area contributed by atoms with Crippen LogP contribution in [0.3, 0.4) is 0 Å². The second-order valence-electron chi connectivity index (χ2n) is 10.1. The molecule has 2 aromatic carbocycles. The Kier molecular flexibility index (Phi) is 6.71. The molecular weight excluding hydrogens is 527 g/mol. The molecule has 6 rings (SSSR count). The summed E-state index contributed by atoms with van der Waals surface area (Å²) in [6.07, 6.45) is 0.0839. The molecule has 0 spiro atoms. The number of benzene rings is 2. The van der Waals surface area contributed by atoms with E-state index in [2.05, 4.69) is 0 Å². The van der Waals surface area contributed by atoms with Crippen molar-refractivity contribution >= 4 is 27.9 Å². The van der Waals surface area contributed by atoms with Gasteiger partial charge in [-0.2, -0.15) is 5.10 Å². The highest BCUT2D eigenvalue weighted by atomic mass is 32.1. The van der Waals surface area contributed by atoms with Crippen molar-refractivity contribution in [2.45, 2.75) is 27.2 Å². The second-order valence-corrected chi connectivity index (χ2v) is 11.0. The molecular formula is C30H29FN6O2S. The van der Waals surface area contributed by atoms with Crippen LogP contribution in [0.15, 0.2) is 64.8 Å². The van der Waals surface area contributed by atoms with Gasteiger partial charge in [0.05, 0.1) is 29.1 Å². The molecule has 0 saturated carbocycles. The number of piperazine rings is 1. The summed E-state index contributed by atoms with van der Waals surface area (Å²) in [7, 11) is 0. The largest absolute Gasteiger partial charge is 0.366 e. The number of para-hydroxylation sites is 1. The van der Waals surface area contributed by atoms with Crippen LogP contribution in [0, 0.1) is 26.6 Å². The molecule has 5 aromatic rings. The molecule has 0 N–H and O–H groups in total. The van der Waals surface area contributed by atoms with Crippen LogP contribution >= 0.6 is 11.3 Å². The molecule has 1 amide bonds. The number of thiazole rings is 1. The Balaban J connectivity index is 1.25. The first-order valence-electron chi connectivity index (χ1n) is 13.2. The molecule has 3 aromatic heterocycles. The molecule has 8 nitrogen and oxygen atoms in total. The lowest BCUT2D eigenvalue weighted by molar-refractivity contribution is -0.130. The van der Waals surface area contributed by atoms with E-state index in [1.54, 1.807) is 21.4 Å². The number of hydrogen-bond donors (Lipinski definition) is 0. The number of anilines is 1. The van der Waals surface area contributed by atoms with Crippen LogP contribution in [0.5, 0.6) is 0 Å². The molecule has 0 aliphatic carbocycles. The van der Waals surface area contributed by atoms with Gasteiger partial charge in [-0.1, -0.05) is 29.8 Å². The number of carbonyl (C=O) groups is 1. The highest BCUT2D eigenvalue weighted by Gasteiger charge is 2.25. The number of carbonyl (C=O) groups excluding carboxylic acids is 1. The third-order valence-corrected chi connectivity index (χ3v) is 8.28. The standard InChI is InChI=1S/C30H29FN6O2S/c1-19-8-10-22(11-9-19)37-20(2)16-25(33-37)28-21(3)32-30-36(29(28)39)23(18-40-30)17-27(38)35-14-12-34(13-15-35)26-7-5-4-6-24(26)31/h4-11,16,18H,12-15,17H2,1-3H3. The van der Waals surface area contributed by atoms with Gasteiger partial charge in [0.25, 0.3) is 5.56 Å². The maximum Gasteiger partial charge on any atom is 0.268 e. The van der Waals surface area contributed by atoms with Crippen LogP contribution in [0.4, 0.5) is 10.1 Å². The molecule has 1 aliphatic rings. The number of amides is 1. The fourth-order valence-corrected chi connectivity index (χ4v) is 6.17. The van der Waals surface area contributed by atoms with E-state index in [0.717, 1.165) is 16.9 Å². The van der Waals surface area contributed by atoms with Gasteiger partial charge >= 0.3 is 0 Å². The third-order valence-electron chi connectivity index (χ3n) is 7.40. The van der Waals surface area contributed by atoms with Crippen molar-refractivity contribution in [3.8, 4) is 16.9 Å². The Morgan fingerprint density at radius 2 is 1.73 bits per heavy atom. The van der Waals surface area contributed by atoms with Gasteiger partial charge in [-0.05, 0) is 51.1 Å². The highest BCUT2D eigenvalue weighted by molar-refractivity contribution is 7.15. The predicted molar refractivity (Wildman–Crippen MR) is 155 cm³/mol. The predicted octanol–water partition coefficient (Wildman–Crippen LogP) is 4.56. The summed E-state index contributed by atoms with van der Waals surface area (Å²) < 4.78 is 17.6. The quantitative estimate of drug-likeness (QED) is 0.317. The first kappa shape index (κ1) is 25.9. The topological polar surface area (TPSA) is 75.7 Å². The normalized spacial score (nSPS) is 13.8. The Morgan fingerprint density at radius 3 is 2.45 bits per heavy atom. The summed E-state index contributed by atoms with van der Waals surface area (Å²) in [4.78, 5) is 36.1. The summed E-state index contributed by atoms with van der Waals surface area (Å²) in [6, 6.07) is 16.6. The zero-order chi connectivity index (χ0) is 28.0. The maximum absolute atomic E-state index is 14.2. The number of aryl methyl sites for hydroxylation is 3. The summed E-state index contributed by atoms with van der Waals surface area (Å²) >= 11 is 1.35. The average molecular weight is 557 g/mol. The minimum atomic E-state index is -0.260. The third kappa shape index (κ3) is 4.68. The van der Waals surface area contributed by atoms with E-state index < -0.39 is 0 Å². The fraction of sp³-hybridized carbons (Fsp3) is 0.267. The van der Waals surface area contributed by atoms with E-state index in [1.807, 2.05) is 72.1 Å². The first-order chi connectivity index (χ1) is 19.3. The summed E-state index contributed by atoms with van der Waals surface area (Å²) in [5, 5.41) is 6.59. The zero-order valence-corrected chi connectivity index (χ0v) is 23.4. The van der Waals surface area contributed by atoms with Crippen molar-refractivity contribution in [1.29, 1.82) is 0 Å². The van der Waals surface area contributed by atoms with E-state index in [4.69, 9.17) is 10.1 Å². The van der Waals surface area contributed by atoms with Gasteiger partial charge in [0.1, 0.15) is 11.5 Å². The Bertz CT molecular complexity index is 1780. The van der Waals surface area contributed by atoms with Gasteiger partial charge in [-0.15, -0.1) is 11.3 Å². The van der Waals surface area contributed by atoms with E-state index in [-0.39, 0.29) is 23.7 Å². The molecule has 0 unspecified atom stereocenters. The van der Waals surface area contributed by atoms with Crippen LogP contribution < -0.4 is 10.5 Å². The molecule has 1 fully saturated rings. The average Bonchev–Trinajstić information content (AvgIpc) is 3.52. The number of halogens is 1. The SMILES string of the molecule is Cc1ccc(-n2nc(-c3c(C)nc4scc(CC(=O)N5CCN(c6ccccc6F)CC5)n4c3=O)cc2C)cc1. The lowest BCUT2D eigenvalue weighted by Crippen LogP contribution is -2.49. The summed E-state index contributed by atoms with van der Waals surface area (Å²) in [5.41, 5.74) is 5.48. The monoisotopic (exact) mass is 556 g/mol. The molecule has 4 heterocycles. The minimum Gasteiger partial charge on any atom is -0.366 e. The molecule has 40 heavy (non-hydrogen) atoms. The van der Waals surface area contributed by atoms with E-state index in [1.165, 1.54) is 17.4 Å². The van der Waals surface area contributed by atoms with Gasteiger partial charge in [-0.3, -0.25) is 14.0 Å². The molecule has 204 valence electrons. The van der Waals surface area contributed by atoms with Crippen molar-refractivity contribution in [2.24, 2.45) is 0 Å². The first-order valence-corrected chi connectivity index (χ1v) is 14.1. The molecule has 1 saturated heterocycles. The fourth-order valence-electron chi connectivity index (χ4n) is 5.24. The smallest absolute Gasteiger partial charge is 0.268 e. The summed E-state index contributed by atoms with van der Waals surface area (Å²) in [6.45, 7) is 7.87. The number of aromatic nitrogens is 4. The number of fused-ring (bicyclic) bond motifs is 1. The van der Waals surface area contributed by atoms with Gasteiger partial charge in [0, 0.05) is 42.9 Å². The van der Waals surface area contributed by atoms with Crippen molar-refractivity contribution in [1.82, 2.24) is 24.1 Å². The van der Waals surface area contributed by atoms with Gasteiger partial charge in [-0.25, -0.2) is 14.1 Å². The molecule has 10 heteroatoms. The lowest BCUT2D eigenvalue weighted by Gasteiger charge is -2.36. The van der Waals surface area contributed by atoms with Crippen LogP contribution in [0.25, 0.3) is 21.9 Å². The van der Waals surface area contributed by atoms with Crippen molar-refractivity contribution in [2.75, 3.05) is 31.1 Å². The minimum absolute atomic E-state index is 0.0681. The van der Waals surface area contributed by atoms with Crippen molar-refractivity contribution in [3.63, 3.8) is 0 Å². The van der Waals surface area contributed by atoms with Crippen LogP contribution in [-0.2, 0) is 11.2 Å². The van der Waals surface area contributed by atoms with E-state index >= 15 is 0 Å². The van der Waals surface area contributed by atoms with Crippen LogP contribution in [0.1, 0.15) is 22.6 Å². The summed E-state index contributed by atoms with van der Waals surface area (Å²) in [5.74, 6) is -0.328. The van der Waals surface area contributed by atoms with Gasteiger partial charge < -0.3 is 9.80 Å². The molecule has 0 atom stereocenters. The molecule has 1 aliphatic heterocycles. The number of hydrogen-bond acceptors (Lipinski definition) is 6. The van der Waals surface area contributed by atoms with Crippen LogP contribution in [0.2, 0.25) is 0 Å². The van der Waals surface area contributed by atoms with Gasteiger partial charge in [0.15, 0.2) is 4.96 Å². The maximum atomic E-state index is 14.2. The Hall–Kier alpha value is -4.31. The van der Waals surface area contributed by atoms with Crippen molar-refractivity contribution < 1.29 is 9.18 Å². The van der Waals surface area contributed by atoms with E-state index in [0.29, 0.717) is 59.5 Å². The Morgan fingerprint density at radius 1 is 1.00 bits per heavy atom.